The molecule has 1 aromatic carbocycles. The number of nitrogens with zero attached hydrogens (tertiary/aromatic N) is 3. The van der Waals surface area contributed by atoms with Gasteiger partial charge in [-0.3, -0.25) is 9.59 Å². The molecule has 2 aliphatic heterocycles. The van der Waals surface area contributed by atoms with Crippen LogP contribution < -0.4 is 10.3 Å². The lowest BCUT2D eigenvalue weighted by molar-refractivity contribution is -0.116. The van der Waals surface area contributed by atoms with Gasteiger partial charge in [-0.25, -0.2) is 4.31 Å². The zero-order valence-electron chi connectivity index (χ0n) is 17.2. The van der Waals surface area contributed by atoms with Gasteiger partial charge in [0.05, 0.1) is 0 Å². The van der Waals surface area contributed by atoms with Gasteiger partial charge in [0.25, 0.3) is 0 Å². The summed E-state index contributed by atoms with van der Waals surface area (Å²) in [6.45, 7) is 7.38. The number of rotatable bonds is 6. The molecule has 1 fully saturated rings. The van der Waals surface area contributed by atoms with Crippen LogP contribution in [0.2, 0.25) is 0 Å². The first-order valence-corrected chi connectivity index (χ1v) is 11.1. The molecule has 1 amide bonds. The number of anilines is 1. The number of carbonyl (C=O) groups excluding carboxylic acids is 1. The van der Waals surface area contributed by atoms with E-state index < -0.39 is 0 Å². The lowest BCUT2D eigenvalue weighted by Crippen LogP contribution is -2.43. The van der Waals surface area contributed by atoms with Gasteiger partial charge in [-0.1, -0.05) is 0 Å². The van der Waals surface area contributed by atoms with E-state index in [0.717, 1.165) is 64.1 Å². The van der Waals surface area contributed by atoms with Gasteiger partial charge in [0.2, 0.25) is 11.3 Å². The smallest absolute Gasteiger partial charge is 0.226 e. The maximum Gasteiger partial charge on any atom is 0.226 e. The molecule has 1 saturated heterocycles. The number of piperazine rings is 1. The first-order chi connectivity index (χ1) is 14.5. The van der Waals surface area contributed by atoms with Crippen LogP contribution in [0, 0.1) is 0 Å². The van der Waals surface area contributed by atoms with Gasteiger partial charge in [-0.15, -0.1) is 0 Å². The molecule has 30 heavy (non-hydrogen) atoms. The molecule has 1 N–H and O–H groups in total. The molecule has 160 valence electrons. The minimum atomic E-state index is -0.387. The average Bonchev–Trinajstić information content (AvgIpc) is 3.15. The van der Waals surface area contributed by atoms with Crippen molar-refractivity contribution in [2.45, 2.75) is 31.1 Å². The molecule has 4 rings (SSSR count). The third kappa shape index (κ3) is 4.88. The number of hydrogen-bond acceptors (Lipinski definition) is 7. The number of hydrogen-bond donors (Lipinski definition) is 1. The lowest BCUT2D eigenvalue weighted by atomic mass is 10.2. The van der Waals surface area contributed by atoms with Crippen molar-refractivity contribution in [1.29, 1.82) is 0 Å². The van der Waals surface area contributed by atoms with Gasteiger partial charge >= 0.3 is 0 Å². The van der Waals surface area contributed by atoms with Crippen LogP contribution in [-0.2, 0) is 17.6 Å². The third-order valence-corrected chi connectivity index (χ3v) is 6.74. The highest BCUT2D eigenvalue weighted by atomic mass is 32.2. The van der Waals surface area contributed by atoms with E-state index in [4.69, 9.17) is 4.42 Å². The van der Waals surface area contributed by atoms with Gasteiger partial charge < -0.3 is 19.3 Å². The highest BCUT2D eigenvalue weighted by molar-refractivity contribution is 7.97. The Hall–Kier alpha value is -2.29. The Morgan fingerprint density at radius 2 is 1.97 bits per heavy atom. The number of carbonyl (C=O) groups is 1. The van der Waals surface area contributed by atoms with Gasteiger partial charge in [0.15, 0.2) is 5.75 Å². The maximum absolute atomic E-state index is 11.7. The number of aromatic hydroxyl groups is 1. The molecule has 0 radical (unpaired) electrons. The Morgan fingerprint density at radius 3 is 2.70 bits per heavy atom. The van der Waals surface area contributed by atoms with Crippen molar-refractivity contribution in [2.75, 3.05) is 44.2 Å². The monoisotopic (exact) mass is 429 g/mol. The van der Waals surface area contributed by atoms with Gasteiger partial charge in [0.1, 0.15) is 12.0 Å². The first-order valence-electron chi connectivity index (χ1n) is 10.4. The summed E-state index contributed by atoms with van der Waals surface area (Å²) in [5, 5.41) is 9.25. The summed E-state index contributed by atoms with van der Waals surface area (Å²) in [5.41, 5.74) is 1.93. The van der Waals surface area contributed by atoms with E-state index in [-0.39, 0.29) is 17.1 Å². The topological polar surface area (TPSA) is 77.2 Å². The normalized spacial score (nSPS) is 17.3. The van der Waals surface area contributed by atoms with Crippen molar-refractivity contribution in [1.82, 2.24) is 9.21 Å². The molecule has 2 aliphatic rings. The molecule has 0 bridgehead atoms. The second-order valence-electron chi connectivity index (χ2n) is 7.77. The van der Waals surface area contributed by atoms with E-state index in [2.05, 4.69) is 27.4 Å². The summed E-state index contributed by atoms with van der Waals surface area (Å²) in [6.07, 6.45) is 3.65. The fourth-order valence-electron chi connectivity index (χ4n) is 4.01. The quantitative estimate of drug-likeness (QED) is 0.707. The first kappa shape index (κ1) is 21.0. The molecule has 8 heteroatoms. The number of aryl methyl sites for hydroxylation is 1. The molecule has 0 spiro atoms. The third-order valence-electron chi connectivity index (χ3n) is 5.66. The predicted molar refractivity (Wildman–Crippen MR) is 117 cm³/mol. The standard InChI is InChI=1S/C22H27N3O4S/c1-16(26)25-8-6-17-13-19(4-5-20(17)25)30-24-11-9-23(10-12-24)7-2-3-18-14-21(27)22(28)15-29-18/h4-5,13-15,28H,2-3,6-12H2,1H3. The van der Waals surface area contributed by atoms with E-state index in [1.54, 1.807) is 18.9 Å². The van der Waals surface area contributed by atoms with E-state index in [0.29, 0.717) is 12.2 Å². The van der Waals surface area contributed by atoms with Crippen molar-refractivity contribution in [2.24, 2.45) is 0 Å². The molecule has 7 nitrogen and oxygen atoms in total. The molecular weight excluding hydrogens is 402 g/mol. The second-order valence-corrected chi connectivity index (χ2v) is 8.94. The van der Waals surface area contributed by atoms with Crippen LogP contribution >= 0.6 is 11.9 Å². The van der Waals surface area contributed by atoms with E-state index in [1.165, 1.54) is 16.5 Å². The number of benzene rings is 1. The molecule has 0 unspecified atom stereocenters. The van der Waals surface area contributed by atoms with Crippen molar-refractivity contribution in [3.8, 4) is 5.75 Å². The van der Waals surface area contributed by atoms with Crippen molar-refractivity contribution in [3.63, 3.8) is 0 Å². The summed E-state index contributed by atoms with van der Waals surface area (Å²) in [7, 11) is 0. The van der Waals surface area contributed by atoms with Gasteiger partial charge in [-0.05, 0) is 55.1 Å². The van der Waals surface area contributed by atoms with Gasteiger partial charge in [-0.2, -0.15) is 0 Å². The SMILES string of the molecule is CC(=O)N1CCc2cc(SN3CCN(CCCc4cc(=O)c(O)co4)CC3)ccc21. The minimum Gasteiger partial charge on any atom is -0.502 e. The minimum absolute atomic E-state index is 0.109. The second kappa shape index (κ2) is 9.24. The van der Waals surface area contributed by atoms with Crippen LogP contribution in [0.4, 0.5) is 5.69 Å². The summed E-state index contributed by atoms with van der Waals surface area (Å²) >= 11 is 1.80. The van der Waals surface area contributed by atoms with E-state index in [1.807, 2.05) is 4.90 Å². The zero-order valence-corrected chi connectivity index (χ0v) is 18.0. The van der Waals surface area contributed by atoms with Crippen LogP contribution in [0.25, 0.3) is 0 Å². The molecular formula is C22H27N3O4S. The fourth-order valence-corrected chi connectivity index (χ4v) is 4.98. The molecule has 0 atom stereocenters. The maximum atomic E-state index is 11.7. The molecule has 3 heterocycles. The van der Waals surface area contributed by atoms with Gasteiger partial charge in [0, 0.05) is 62.7 Å². The van der Waals surface area contributed by atoms with Crippen LogP contribution in [-0.4, -0.2) is 59.5 Å². The van der Waals surface area contributed by atoms with Crippen LogP contribution in [0.3, 0.4) is 0 Å². The summed E-state index contributed by atoms with van der Waals surface area (Å²) < 4.78 is 7.66. The fraction of sp³-hybridized carbons (Fsp3) is 0.455. The summed E-state index contributed by atoms with van der Waals surface area (Å²) in [6, 6.07) is 7.78. The van der Waals surface area contributed by atoms with Crippen LogP contribution in [0.1, 0.15) is 24.7 Å². The van der Waals surface area contributed by atoms with Crippen molar-refractivity contribution in [3.05, 3.63) is 52.1 Å². The van der Waals surface area contributed by atoms with E-state index >= 15 is 0 Å². The Kier molecular flexibility index (Phi) is 6.46. The molecule has 0 saturated carbocycles. The summed E-state index contributed by atoms with van der Waals surface area (Å²) in [4.78, 5) is 28.7. The van der Waals surface area contributed by atoms with Crippen molar-refractivity contribution >= 4 is 23.5 Å². The highest BCUT2D eigenvalue weighted by Gasteiger charge is 2.23. The lowest BCUT2D eigenvalue weighted by Gasteiger charge is -2.33. The Balaban J connectivity index is 1.22. The predicted octanol–water partition coefficient (Wildman–Crippen LogP) is 2.51. The highest BCUT2D eigenvalue weighted by Crippen LogP contribution is 2.33. The van der Waals surface area contributed by atoms with E-state index in [9.17, 15) is 14.7 Å². The number of fused-ring (bicyclic) bond motifs is 1. The van der Waals surface area contributed by atoms with Crippen molar-refractivity contribution < 1.29 is 14.3 Å². The average molecular weight is 430 g/mol. The zero-order chi connectivity index (χ0) is 21.1. The molecule has 1 aromatic heterocycles. The molecule has 2 aromatic rings. The Morgan fingerprint density at radius 1 is 1.17 bits per heavy atom. The number of amides is 1. The largest absolute Gasteiger partial charge is 0.502 e. The van der Waals surface area contributed by atoms with Crippen LogP contribution in [0.15, 0.2) is 44.6 Å². The van der Waals surface area contributed by atoms with Crippen LogP contribution in [0.5, 0.6) is 5.75 Å². The summed E-state index contributed by atoms with van der Waals surface area (Å²) in [5.74, 6) is 0.386. The molecule has 0 aliphatic carbocycles. The Bertz CT molecular complexity index is 969. The Labute approximate surface area is 180 Å².